The average molecular weight is 307 g/mol. The predicted octanol–water partition coefficient (Wildman–Crippen LogP) is 0.689. The van der Waals surface area contributed by atoms with Crippen LogP contribution >= 0.6 is 0 Å². The molecule has 0 saturated heterocycles. The number of rotatable bonds is 4. The Morgan fingerprint density at radius 2 is 1.73 bits per heavy atom. The van der Waals surface area contributed by atoms with Crippen molar-refractivity contribution in [1.29, 1.82) is 0 Å². The van der Waals surface area contributed by atoms with Crippen LogP contribution in [-0.2, 0) is 36.6 Å². The van der Waals surface area contributed by atoms with Crippen molar-refractivity contribution in [2.75, 3.05) is 20.8 Å². The van der Waals surface area contributed by atoms with Gasteiger partial charge in [0.25, 0.3) is 0 Å². The maximum Gasteiger partial charge on any atom is 0.356 e. The molecule has 0 saturated carbocycles. The van der Waals surface area contributed by atoms with E-state index in [1.807, 2.05) is 0 Å². The van der Waals surface area contributed by atoms with Crippen molar-refractivity contribution in [3.8, 4) is 0 Å². The topological polar surface area (TPSA) is 91.8 Å². The third kappa shape index (κ3) is 2.54. The molecule has 118 valence electrons. The van der Waals surface area contributed by atoms with Crippen LogP contribution in [0.25, 0.3) is 0 Å². The van der Waals surface area contributed by atoms with Crippen LogP contribution in [0.15, 0.2) is 12.3 Å². The van der Waals surface area contributed by atoms with Gasteiger partial charge in [-0.25, -0.2) is 9.78 Å². The third-order valence-corrected chi connectivity index (χ3v) is 3.70. The molecule has 7 nitrogen and oxygen atoms in total. The van der Waals surface area contributed by atoms with E-state index in [4.69, 9.17) is 14.2 Å². The number of ether oxygens (including phenoxy) is 3. The van der Waals surface area contributed by atoms with E-state index in [2.05, 4.69) is 4.98 Å². The first-order valence-electron chi connectivity index (χ1n) is 6.80. The van der Waals surface area contributed by atoms with E-state index in [1.165, 1.54) is 20.4 Å². The lowest BCUT2D eigenvalue weighted by atomic mass is 9.85. The number of carbonyl (C=O) groups is 3. The van der Waals surface area contributed by atoms with Gasteiger partial charge >= 0.3 is 17.9 Å². The fourth-order valence-electron chi connectivity index (χ4n) is 2.64. The van der Waals surface area contributed by atoms with E-state index in [9.17, 15) is 14.4 Å². The van der Waals surface area contributed by atoms with Crippen molar-refractivity contribution >= 4 is 17.9 Å². The monoisotopic (exact) mass is 307 g/mol. The molecule has 0 bridgehead atoms. The van der Waals surface area contributed by atoms with Crippen LogP contribution in [0.5, 0.6) is 0 Å². The van der Waals surface area contributed by atoms with Crippen molar-refractivity contribution in [3.05, 3.63) is 29.1 Å². The van der Waals surface area contributed by atoms with Crippen LogP contribution in [0.2, 0.25) is 0 Å². The van der Waals surface area contributed by atoms with Gasteiger partial charge in [0.15, 0.2) is 5.41 Å². The largest absolute Gasteiger partial charge is 0.468 e. The Kier molecular flexibility index (Phi) is 4.44. The molecule has 0 radical (unpaired) electrons. The van der Waals surface area contributed by atoms with Gasteiger partial charge in [-0.3, -0.25) is 9.59 Å². The summed E-state index contributed by atoms with van der Waals surface area (Å²) in [5.41, 5.74) is 0.129. The van der Waals surface area contributed by atoms with E-state index < -0.39 is 23.3 Å². The lowest BCUT2D eigenvalue weighted by Gasteiger charge is -2.22. The van der Waals surface area contributed by atoms with E-state index >= 15 is 0 Å². The van der Waals surface area contributed by atoms with E-state index in [0.29, 0.717) is 11.1 Å². The molecule has 1 aliphatic rings. The van der Waals surface area contributed by atoms with Crippen molar-refractivity contribution in [3.63, 3.8) is 0 Å². The van der Waals surface area contributed by atoms with E-state index in [-0.39, 0.29) is 25.1 Å². The summed E-state index contributed by atoms with van der Waals surface area (Å²) in [7, 11) is 2.44. The Balaban J connectivity index is 2.37. The van der Waals surface area contributed by atoms with Crippen molar-refractivity contribution in [2.24, 2.45) is 5.41 Å². The second kappa shape index (κ2) is 6.13. The normalized spacial score (nSPS) is 14.9. The smallest absolute Gasteiger partial charge is 0.356 e. The Bertz CT molecular complexity index is 608. The van der Waals surface area contributed by atoms with Gasteiger partial charge < -0.3 is 14.2 Å². The molecule has 22 heavy (non-hydrogen) atoms. The summed E-state index contributed by atoms with van der Waals surface area (Å²) < 4.78 is 14.4. The van der Waals surface area contributed by atoms with Crippen molar-refractivity contribution < 1.29 is 28.6 Å². The number of nitrogens with zero attached hydrogens (tertiary/aromatic N) is 1. The summed E-state index contributed by atoms with van der Waals surface area (Å²) in [5, 5.41) is 0. The molecule has 0 amide bonds. The number of esters is 3. The molecule has 1 aromatic heterocycles. The third-order valence-electron chi connectivity index (χ3n) is 3.70. The highest BCUT2D eigenvalue weighted by molar-refractivity contribution is 6.01. The van der Waals surface area contributed by atoms with Crippen LogP contribution < -0.4 is 0 Å². The highest BCUT2D eigenvalue weighted by Crippen LogP contribution is 2.39. The van der Waals surface area contributed by atoms with Crippen molar-refractivity contribution in [1.82, 2.24) is 4.98 Å². The predicted molar refractivity (Wildman–Crippen MR) is 74.1 cm³/mol. The molecule has 1 heterocycles. The van der Waals surface area contributed by atoms with Crippen LogP contribution in [0.4, 0.5) is 0 Å². The fourth-order valence-corrected chi connectivity index (χ4v) is 2.64. The first kappa shape index (κ1) is 15.9. The molecule has 0 aromatic carbocycles. The maximum absolute atomic E-state index is 12.1. The van der Waals surface area contributed by atoms with Crippen LogP contribution in [0.1, 0.15) is 28.5 Å². The molecule has 0 spiro atoms. The summed E-state index contributed by atoms with van der Waals surface area (Å²) in [6, 6.07) is 1.54. The zero-order valence-electron chi connectivity index (χ0n) is 12.7. The van der Waals surface area contributed by atoms with Gasteiger partial charge in [-0.2, -0.15) is 0 Å². The molecular formula is C15H17NO6. The minimum absolute atomic E-state index is 0.108. The Hall–Kier alpha value is -2.44. The molecule has 7 heteroatoms. The van der Waals surface area contributed by atoms with Crippen LogP contribution in [0.3, 0.4) is 0 Å². The van der Waals surface area contributed by atoms with Gasteiger partial charge in [0.05, 0.1) is 20.8 Å². The van der Waals surface area contributed by atoms with Crippen LogP contribution in [0, 0.1) is 5.41 Å². The standard InChI is InChI=1S/C15H17NO6/c1-4-22-12(17)11-5-9-6-15(13(18)20-2,14(19)21-3)7-10(9)8-16-11/h5,8H,4,6-7H2,1-3H3. The summed E-state index contributed by atoms with van der Waals surface area (Å²) in [5.74, 6) is -1.86. The van der Waals surface area contributed by atoms with Gasteiger partial charge in [-0.1, -0.05) is 0 Å². The minimum Gasteiger partial charge on any atom is -0.468 e. The minimum atomic E-state index is -1.42. The molecule has 0 N–H and O–H groups in total. The SMILES string of the molecule is CCOC(=O)c1cc2c(cn1)CC(C(=O)OC)(C(=O)OC)C2. The number of hydrogen-bond donors (Lipinski definition) is 0. The van der Waals surface area contributed by atoms with Gasteiger partial charge in [0.1, 0.15) is 5.69 Å². The first-order valence-corrected chi connectivity index (χ1v) is 6.80. The molecule has 1 aliphatic carbocycles. The van der Waals surface area contributed by atoms with Crippen LogP contribution in [-0.4, -0.2) is 43.7 Å². The summed E-state index contributed by atoms with van der Waals surface area (Å²) >= 11 is 0. The highest BCUT2D eigenvalue weighted by atomic mass is 16.5. The maximum atomic E-state index is 12.1. The number of hydrogen-bond acceptors (Lipinski definition) is 7. The number of aromatic nitrogens is 1. The van der Waals surface area contributed by atoms with Gasteiger partial charge in [0, 0.05) is 12.6 Å². The summed E-state index contributed by atoms with van der Waals surface area (Å²) in [4.78, 5) is 39.9. The Morgan fingerprint density at radius 1 is 1.14 bits per heavy atom. The fraction of sp³-hybridized carbons (Fsp3) is 0.467. The second-order valence-electron chi connectivity index (χ2n) is 4.98. The lowest BCUT2D eigenvalue weighted by Crippen LogP contribution is -2.42. The quantitative estimate of drug-likeness (QED) is 0.459. The number of pyridine rings is 1. The van der Waals surface area contributed by atoms with Gasteiger partial charge in [-0.05, 0) is 30.5 Å². The van der Waals surface area contributed by atoms with E-state index in [1.54, 1.807) is 13.0 Å². The average Bonchev–Trinajstić information content (AvgIpc) is 2.93. The molecule has 1 aromatic rings. The lowest BCUT2D eigenvalue weighted by molar-refractivity contribution is -0.168. The molecular weight excluding hydrogens is 290 g/mol. The molecule has 0 unspecified atom stereocenters. The second-order valence-corrected chi connectivity index (χ2v) is 4.98. The number of carbonyl (C=O) groups excluding carboxylic acids is 3. The zero-order valence-corrected chi connectivity index (χ0v) is 12.7. The number of methoxy groups -OCH3 is 2. The summed E-state index contributed by atoms with van der Waals surface area (Å²) in [6.07, 6.45) is 1.73. The molecule has 0 aliphatic heterocycles. The Labute approximate surface area is 127 Å². The number of fused-ring (bicyclic) bond motifs is 1. The highest BCUT2D eigenvalue weighted by Gasteiger charge is 2.52. The molecule has 0 atom stereocenters. The van der Waals surface area contributed by atoms with Gasteiger partial charge in [0.2, 0.25) is 0 Å². The van der Waals surface area contributed by atoms with E-state index in [0.717, 1.165) is 0 Å². The Morgan fingerprint density at radius 3 is 2.27 bits per heavy atom. The first-order chi connectivity index (χ1) is 10.5. The summed E-state index contributed by atoms with van der Waals surface area (Å²) in [6.45, 7) is 1.94. The van der Waals surface area contributed by atoms with Crippen molar-refractivity contribution in [2.45, 2.75) is 19.8 Å². The molecule has 2 rings (SSSR count). The zero-order chi connectivity index (χ0) is 16.3. The van der Waals surface area contributed by atoms with Gasteiger partial charge in [-0.15, -0.1) is 0 Å². The molecule has 0 fully saturated rings.